The maximum absolute atomic E-state index is 6.33. The Morgan fingerprint density at radius 3 is 2.73 bits per heavy atom. The zero-order valence-corrected chi connectivity index (χ0v) is 15.0. The molecule has 0 bridgehead atoms. The van der Waals surface area contributed by atoms with Gasteiger partial charge in [0.25, 0.3) is 0 Å². The molecule has 3 aromatic rings. The van der Waals surface area contributed by atoms with Gasteiger partial charge in [-0.2, -0.15) is 4.98 Å². The van der Waals surface area contributed by atoms with Crippen LogP contribution in [-0.2, 0) is 6.54 Å². The molecule has 1 aliphatic heterocycles. The van der Waals surface area contributed by atoms with Crippen LogP contribution in [0.3, 0.4) is 0 Å². The van der Waals surface area contributed by atoms with E-state index in [2.05, 4.69) is 15.5 Å². The molecule has 0 fully saturated rings. The van der Waals surface area contributed by atoms with Crippen molar-refractivity contribution in [2.24, 2.45) is 0 Å². The predicted octanol–water partition coefficient (Wildman–Crippen LogP) is 4.47. The number of rotatable bonds is 4. The molecule has 2 aromatic carbocycles. The van der Waals surface area contributed by atoms with Gasteiger partial charge in [-0.15, -0.1) is 0 Å². The molecule has 6 nitrogen and oxygen atoms in total. The van der Waals surface area contributed by atoms with Crippen LogP contribution in [0.25, 0.3) is 11.4 Å². The van der Waals surface area contributed by atoms with E-state index in [1.807, 2.05) is 37.3 Å². The fourth-order valence-corrected chi connectivity index (χ4v) is 2.94. The minimum absolute atomic E-state index is 0.359. The Labute approximate surface area is 156 Å². The minimum Gasteiger partial charge on any atom is -0.490 e. The molecular formula is C19H18ClN3O3. The van der Waals surface area contributed by atoms with Crippen molar-refractivity contribution < 1.29 is 14.0 Å². The number of hydrogen-bond donors (Lipinski definition) is 1. The Balaban J connectivity index is 1.49. The van der Waals surface area contributed by atoms with Crippen molar-refractivity contribution in [3.05, 3.63) is 52.9 Å². The Bertz CT molecular complexity index is 926. The van der Waals surface area contributed by atoms with E-state index in [-0.39, 0.29) is 0 Å². The van der Waals surface area contributed by atoms with Crippen LogP contribution in [-0.4, -0.2) is 23.4 Å². The Hall–Kier alpha value is -2.73. The highest BCUT2D eigenvalue weighted by Crippen LogP contribution is 2.37. The first-order chi connectivity index (χ1) is 12.7. The third-order valence-corrected chi connectivity index (χ3v) is 4.32. The van der Waals surface area contributed by atoms with Gasteiger partial charge in [0.05, 0.1) is 30.5 Å². The monoisotopic (exact) mass is 371 g/mol. The van der Waals surface area contributed by atoms with Crippen molar-refractivity contribution in [1.82, 2.24) is 10.1 Å². The summed E-state index contributed by atoms with van der Waals surface area (Å²) in [4.78, 5) is 4.43. The van der Waals surface area contributed by atoms with Gasteiger partial charge in [-0.1, -0.05) is 40.5 Å². The molecule has 4 rings (SSSR count). The van der Waals surface area contributed by atoms with Crippen molar-refractivity contribution in [3.63, 3.8) is 0 Å². The lowest BCUT2D eigenvalue weighted by atomic mass is 10.1. The lowest BCUT2D eigenvalue weighted by molar-refractivity contribution is 0.297. The van der Waals surface area contributed by atoms with Gasteiger partial charge in [0, 0.05) is 24.1 Å². The van der Waals surface area contributed by atoms with Gasteiger partial charge in [-0.3, -0.25) is 0 Å². The Morgan fingerprint density at radius 2 is 1.92 bits per heavy atom. The first kappa shape index (κ1) is 16.7. The molecule has 0 amide bonds. The number of nitrogens with zero attached hydrogens (tertiary/aromatic N) is 2. The smallest absolute Gasteiger partial charge is 0.246 e. The average molecular weight is 372 g/mol. The number of aromatic nitrogens is 2. The van der Waals surface area contributed by atoms with Crippen molar-refractivity contribution in [3.8, 4) is 22.9 Å². The number of ether oxygens (including phenoxy) is 2. The second-order valence-corrected chi connectivity index (χ2v) is 6.47. The van der Waals surface area contributed by atoms with E-state index in [1.54, 1.807) is 6.07 Å². The molecule has 1 N–H and O–H groups in total. The Morgan fingerprint density at radius 1 is 1.12 bits per heavy atom. The summed E-state index contributed by atoms with van der Waals surface area (Å²) in [5.41, 5.74) is 2.80. The standard InChI is InChI=1S/C19H18ClN3O3/c1-12-4-2-5-13(8-12)19-22-18(26-23-19)11-21-15-10-17-16(9-14(15)20)24-6-3-7-25-17/h2,4-5,8-10,21H,3,6-7,11H2,1H3. The molecule has 0 aliphatic carbocycles. The van der Waals surface area contributed by atoms with Crippen LogP contribution < -0.4 is 14.8 Å². The third kappa shape index (κ3) is 3.60. The molecular weight excluding hydrogens is 354 g/mol. The van der Waals surface area contributed by atoms with E-state index >= 15 is 0 Å². The van der Waals surface area contributed by atoms with Gasteiger partial charge in [-0.25, -0.2) is 0 Å². The SMILES string of the molecule is Cc1cccc(-c2noc(CNc3cc4c(cc3Cl)OCCCO4)n2)c1. The number of hydrogen-bond acceptors (Lipinski definition) is 6. The van der Waals surface area contributed by atoms with Gasteiger partial charge >= 0.3 is 0 Å². The van der Waals surface area contributed by atoms with Gasteiger partial charge in [-0.05, 0) is 13.0 Å². The fraction of sp³-hybridized carbons (Fsp3) is 0.263. The van der Waals surface area contributed by atoms with Crippen LogP contribution in [0.4, 0.5) is 5.69 Å². The van der Waals surface area contributed by atoms with Crippen molar-refractivity contribution >= 4 is 17.3 Å². The second-order valence-electron chi connectivity index (χ2n) is 6.06. The summed E-state index contributed by atoms with van der Waals surface area (Å²) in [7, 11) is 0. The van der Waals surface area contributed by atoms with Gasteiger partial charge in [0.2, 0.25) is 11.7 Å². The molecule has 0 saturated heterocycles. The number of nitrogens with one attached hydrogen (secondary N) is 1. The number of benzene rings is 2. The zero-order valence-electron chi connectivity index (χ0n) is 14.3. The molecule has 0 unspecified atom stereocenters. The molecule has 0 spiro atoms. The fourth-order valence-electron chi connectivity index (χ4n) is 2.72. The summed E-state index contributed by atoms with van der Waals surface area (Å²) < 4.78 is 16.7. The third-order valence-electron chi connectivity index (χ3n) is 4.01. The zero-order chi connectivity index (χ0) is 17.9. The van der Waals surface area contributed by atoms with Crippen LogP contribution >= 0.6 is 11.6 Å². The quantitative estimate of drug-likeness (QED) is 0.729. The van der Waals surface area contributed by atoms with Crippen LogP contribution in [0.2, 0.25) is 5.02 Å². The predicted molar refractivity (Wildman–Crippen MR) is 98.9 cm³/mol. The summed E-state index contributed by atoms with van der Waals surface area (Å²) in [6.45, 7) is 3.63. The second kappa shape index (κ2) is 7.25. The lowest BCUT2D eigenvalue weighted by Crippen LogP contribution is -2.01. The van der Waals surface area contributed by atoms with E-state index in [0.29, 0.717) is 48.0 Å². The molecule has 1 aliphatic rings. The highest BCUT2D eigenvalue weighted by atomic mass is 35.5. The lowest BCUT2D eigenvalue weighted by Gasteiger charge is -2.12. The van der Waals surface area contributed by atoms with Gasteiger partial charge in [0.15, 0.2) is 11.5 Å². The molecule has 2 heterocycles. The highest BCUT2D eigenvalue weighted by molar-refractivity contribution is 6.33. The van der Waals surface area contributed by atoms with Crippen molar-refractivity contribution in [2.75, 3.05) is 18.5 Å². The molecule has 0 radical (unpaired) electrons. The van der Waals surface area contributed by atoms with E-state index < -0.39 is 0 Å². The van der Waals surface area contributed by atoms with Gasteiger partial charge < -0.3 is 19.3 Å². The topological polar surface area (TPSA) is 69.4 Å². The Kier molecular flexibility index (Phi) is 4.67. The van der Waals surface area contributed by atoms with Gasteiger partial charge in [0.1, 0.15) is 0 Å². The minimum atomic E-state index is 0.359. The number of fused-ring (bicyclic) bond motifs is 1. The summed E-state index contributed by atoms with van der Waals surface area (Å²) in [5.74, 6) is 2.39. The molecule has 0 saturated carbocycles. The van der Waals surface area contributed by atoms with Crippen LogP contribution in [0.1, 0.15) is 17.9 Å². The average Bonchev–Trinajstić information content (AvgIpc) is 2.99. The van der Waals surface area contributed by atoms with Crippen molar-refractivity contribution in [2.45, 2.75) is 19.9 Å². The van der Waals surface area contributed by atoms with Crippen LogP contribution in [0.15, 0.2) is 40.9 Å². The largest absolute Gasteiger partial charge is 0.490 e. The molecule has 1 aromatic heterocycles. The highest BCUT2D eigenvalue weighted by Gasteiger charge is 2.15. The molecule has 7 heteroatoms. The number of halogens is 1. The summed E-state index contributed by atoms with van der Waals surface area (Å²) in [6, 6.07) is 11.6. The summed E-state index contributed by atoms with van der Waals surface area (Å²) in [6.07, 6.45) is 0.846. The molecule has 26 heavy (non-hydrogen) atoms. The summed E-state index contributed by atoms with van der Waals surface area (Å²) >= 11 is 6.33. The number of anilines is 1. The molecule has 0 atom stereocenters. The van der Waals surface area contributed by atoms with E-state index in [0.717, 1.165) is 23.2 Å². The number of aryl methyl sites for hydroxylation is 1. The summed E-state index contributed by atoms with van der Waals surface area (Å²) in [5, 5.41) is 7.80. The van der Waals surface area contributed by atoms with Crippen LogP contribution in [0.5, 0.6) is 11.5 Å². The van der Waals surface area contributed by atoms with E-state index in [1.165, 1.54) is 0 Å². The van der Waals surface area contributed by atoms with Crippen LogP contribution in [0, 0.1) is 6.92 Å². The van der Waals surface area contributed by atoms with E-state index in [9.17, 15) is 0 Å². The molecule has 134 valence electrons. The van der Waals surface area contributed by atoms with Crippen molar-refractivity contribution in [1.29, 1.82) is 0 Å². The maximum Gasteiger partial charge on any atom is 0.246 e. The first-order valence-electron chi connectivity index (χ1n) is 8.42. The maximum atomic E-state index is 6.33. The van der Waals surface area contributed by atoms with E-state index in [4.69, 9.17) is 25.6 Å². The normalized spacial score (nSPS) is 13.3. The first-order valence-corrected chi connectivity index (χ1v) is 8.79.